The minimum absolute atomic E-state index is 0.200. The van der Waals surface area contributed by atoms with Crippen LogP contribution in [0.5, 0.6) is 0 Å². The molecule has 0 bridgehead atoms. The largest absolute Gasteiger partial charge is 0.372 e. The number of hydrogen-bond acceptors (Lipinski definition) is 4. The molecular weight excluding hydrogens is 192 g/mol. The standard InChI is InChI=1S/C11H18N2O2/c1-7-9(8(2)15-13-7)6-14-11-5-3-4-10(11)12/h10-11H,3-6,12H2,1-2H3. The Bertz CT molecular complexity index is 316. The molecule has 2 rings (SSSR count). The van der Waals surface area contributed by atoms with Crippen LogP contribution in [-0.4, -0.2) is 17.3 Å². The molecule has 1 fully saturated rings. The van der Waals surface area contributed by atoms with Crippen LogP contribution in [0.1, 0.15) is 36.3 Å². The SMILES string of the molecule is Cc1noc(C)c1COC1CCCC1N. The van der Waals surface area contributed by atoms with Crippen LogP contribution in [0.4, 0.5) is 0 Å². The highest BCUT2D eigenvalue weighted by molar-refractivity contribution is 5.19. The highest BCUT2D eigenvalue weighted by Crippen LogP contribution is 2.22. The molecule has 1 aromatic rings. The first-order valence-electron chi connectivity index (χ1n) is 5.47. The van der Waals surface area contributed by atoms with Crippen LogP contribution < -0.4 is 5.73 Å². The smallest absolute Gasteiger partial charge is 0.139 e. The van der Waals surface area contributed by atoms with E-state index in [9.17, 15) is 0 Å². The maximum absolute atomic E-state index is 5.93. The van der Waals surface area contributed by atoms with Crippen LogP contribution in [0.2, 0.25) is 0 Å². The van der Waals surface area contributed by atoms with Gasteiger partial charge in [-0.3, -0.25) is 0 Å². The molecule has 15 heavy (non-hydrogen) atoms. The van der Waals surface area contributed by atoms with Crippen LogP contribution in [0.25, 0.3) is 0 Å². The molecule has 2 N–H and O–H groups in total. The van der Waals surface area contributed by atoms with Crippen molar-refractivity contribution in [3.8, 4) is 0 Å². The fraction of sp³-hybridized carbons (Fsp3) is 0.727. The van der Waals surface area contributed by atoms with E-state index in [4.69, 9.17) is 15.0 Å². The third-order valence-electron chi connectivity index (χ3n) is 3.13. The Balaban J connectivity index is 1.93. The van der Waals surface area contributed by atoms with Crippen LogP contribution >= 0.6 is 0 Å². The van der Waals surface area contributed by atoms with Gasteiger partial charge in [0.25, 0.3) is 0 Å². The second-order valence-corrected chi connectivity index (χ2v) is 4.25. The van der Waals surface area contributed by atoms with Crippen molar-refractivity contribution in [1.29, 1.82) is 0 Å². The molecule has 1 saturated carbocycles. The van der Waals surface area contributed by atoms with Gasteiger partial charge in [-0.15, -0.1) is 0 Å². The molecule has 1 aromatic heterocycles. The minimum atomic E-state index is 0.200. The lowest BCUT2D eigenvalue weighted by molar-refractivity contribution is 0.0349. The van der Waals surface area contributed by atoms with Gasteiger partial charge < -0.3 is 15.0 Å². The third kappa shape index (κ3) is 2.21. The summed E-state index contributed by atoms with van der Waals surface area (Å²) in [7, 11) is 0. The van der Waals surface area contributed by atoms with E-state index in [-0.39, 0.29) is 12.1 Å². The molecule has 4 nitrogen and oxygen atoms in total. The number of nitrogens with two attached hydrogens (primary N) is 1. The van der Waals surface area contributed by atoms with Crippen LogP contribution in [0.3, 0.4) is 0 Å². The van der Waals surface area contributed by atoms with E-state index in [1.54, 1.807) is 0 Å². The van der Waals surface area contributed by atoms with Crippen molar-refractivity contribution in [1.82, 2.24) is 5.16 Å². The molecule has 0 aromatic carbocycles. The van der Waals surface area contributed by atoms with Gasteiger partial charge in [0, 0.05) is 11.6 Å². The van der Waals surface area contributed by atoms with Crippen molar-refractivity contribution in [2.24, 2.45) is 5.73 Å². The molecule has 84 valence electrons. The summed E-state index contributed by atoms with van der Waals surface area (Å²) in [5.41, 5.74) is 7.91. The summed E-state index contributed by atoms with van der Waals surface area (Å²) in [5.74, 6) is 0.846. The molecule has 1 heterocycles. The lowest BCUT2D eigenvalue weighted by Gasteiger charge is -2.15. The first-order valence-corrected chi connectivity index (χ1v) is 5.47. The van der Waals surface area contributed by atoms with Crippen molar-refractivity contribution in [3.63, 3.8) is 0 Å². The average molecular weight is 210 g/mol. The molecule has 0 amide bonds. The zero-order valence-corrected chi connectivity index (χ0v) is 9.32. The number of nitrogens with zero attached hydrogens (tertiary/aromatic N) is 1. The second kappa shape index (κ2) is 4.33. The maximum Gasteiger partial charge on any atom is 0.139 e. The Kier molecular flexibility index (Phi) is 3.07. The summed E-state index contributed by atoms with van der Waals surface area (Å²) in [5, 5.41) is 3.89. The van der Waals surface area contributed by atoms with E-state index in [0.717, 1.165) is 29.9 Å². The summed E-state index contributed by atoms with van der Waals surface area (Å²) in [6.07, 6.45) is 3.53. The number of hydrogen-bond donors (Lipinski definition) is 1. The fourth-order valence-electron chi connectivity index (χ4n) is 2.06. The number of rotatable bonds is 3. The molecule has 4 heteroatoms. The average Bonchev–Trinajstić information content (AvgIpc) is 2.73. The van der Waals surface area contributed by atoms with Gasteiger partial charge in [-0.1, -0.05) is 5.16 Å². The monoisotopic (exact) mass is 210 g/mol. The predicted octanol–water partition coefficient (Wildman–Crippen LogP) is 1.69. The van der Waals surface area contributed by atoms with Crippen LogP contribution in [-0.2, 0) is 11.3 Å². The summed E-state index contributed by atoms with van der Waals surface area (Å²) in [6, 6.07) is 0.200. The molecule has 0 spiro atoms. The minimum Gasteiger partial charge on any atom is -0.372 e. The molecule has 0 aliphatic heterocycles. The van der Waals surface area contributed by atoms with Crippen molar-refractivity contribution >= 4 is 0 Å². The van der Waals surface area contributed by atoms with Crippen molar-refractivity contribution in [2.75, 3.05) is 0 Å². The topological polar surface area (TPSA) is 61.3 Å². The Hall–Kier alpha value is -0.870. The normalized spacial score (nSPS) is 26.1. The van der Waals surface area contributed by atoms with Gasteiger partial charge in [-0.25, -0.2) is 0 Å². The van der Waals surface area contributed by atoms with E-state index in [2.05, 4.69) is 5.16 Å². The highest BCUT2D eigenvalue weighted by Gasteiger charge is 2.25. The summed E-state index contributed by atoms with van der Waals surface area (Å²) in [6.45, 7) is 4.41. The molecule has 2 atom stereocenters. The summed E-state index contributed by atoms with van der Waals surface area (Å²) in [4.78, 5) is 0. The van der Waals surface area contributed by atoms with Crippen molar-refractivity contribution < 1.29 is 9.26 Å². The molecular formula is C11H18N2O2. The van der Waals surface area contributed by atoms with E-state index >= 15 is 0 Å². The number of aryl methyl sites for hydroxylation is 2. The Morgan fingerprint density at radius 2 is 2.27 bits per heavy atom. The van der Waals surface area contributed by atoms with E-state index in [1.807, 2.05) is 13.8 Å². The fourth-order valence-corrected chi connectivity index (χ4v) is 2.06. The van der Waals surface area contributed by atoms with E-state index < -0.39 is 0 Å². The Labute approximate surface area is 89.8 Å². The zero-order chi connectivity index (χ0) is 10.8. The Morgan fingerprint density at radius 3 is 2.80 bits per heavy atom. The summed E-state index contributed by atoms with van der Waals surface area (Å²) >= 11 is 0. The van der Waals surface area contributed by atoms with Gasteiger partial charge in [-0.2, -0.15) is 0 Å². The van der Waals surface area contributed by atoms with Gasteiger partial charge in [0.15, 0.2) is 0 Å². The lowest BCUT2D eigenvalue weighted by Crippen LogP contribution is -2.31. The first-order chi connectivity index (χ1) is 7.18. The van der Waals surface area contributed by atoms with Crippen LogP contribution in [0, 0.1) is 13.8 Å². The van der Waals surface area contributed by atoms with Gasteiger partial charge in [0.2, 0.25) is 0 Å². The zero-order valence-electron chi connectivity index (χ0n) is 9.32. The van der Waals surface area contributed by atoms with Gasteiger partial charge in [-0.05, 0) is 33.1 Å². The van der Waals surface area contributed by atoms with Gasteiger partial charge in [0.1, 0.15) is 5.76 Å². The molecule has 0 saturated heterocycles. The van der Waals surface area contributed by atoms with E-state index in [1.165, 1.54) is 6.42 Å². The van der Waals surface area contributed by atoms with Gasteiger partial charge in [0.05, 0.1) is 18.4 Å². The quantitative estimate of drug-likeness (QED) is 0.824. The third-order valence-corrected chi connectivity index (χ3v) is 3.13. The molecule has 1 aliphatic rings. The van der Waals surface area contributed by atoms with E-state index in [0.29, 0.717) is 6.61 Å². The van der Waals surface area contributed by atoms with Crippen LogP contribution in [0.15, 0.2) is 4.52 Å². The Morgan fingerprint density at radius 1 is 1.47 bits per heavy atom. The lowest BCUT2D eigenvalue weighted by atomic mass is 10.2. The second-order valence-electron chi connectivity index (χ2n) is 4.25. The predicted molar refractivity (Wildman–Crippen MR) is 56.4 cm³/mol. The highest BCUT2D eigenvalue weighted by atomic mass is 16.5. The van der Waals surface area contributed by atoms with Crippen molar-refractivity contribution in [3.05, 3.63) is 17.0 Å². The number of ether oxygens (including phenoxy) is 1. The first kappa shape index (κ1) is 10.6. The number of aromatic nitrogens is 1. The summed E-state index contributed by atoms with van der Waals surface area (Å²) < 4.78 is 10.9. The molecule has 0 radical (unpaired) electrons. The van der Waals surface area contributed by atoms with Gasteiger partial charge >= 0.3 is 0 Å². The molecule has 1 aliphatic carbocycles. The maximum atomic E-state index is 5.93. The molecule has 2 unspecified atom stereocenters. The van der Waals surface area contributed by atoms with Crippen molar-refractivity contribution in [2.45, 2.75) is 51.9 Å².